The van der Waals surface area contributed by atoms with Crippen molar-refractivity contribution in [3.63, 3.8) is 0 Å². The third-order valence-electron chi connectivity index (χ3n) is 3.54. The molecule has 1 aliphatic rings. The van der Waals surface area contributed by atoms with E-state index in [1.165, 1.54) is 16.0 Å². The molecule has 23 heavy (non-hydrogen) atoms. The smallest absolute Gasteiger partial charge is 0.207 e. The van der Waals surface area contributed by atoms with Crippen molar-refractivity contribution in [2.24, 2.45) is 0 Å². The summed E-state index contributed by atoms with van der Waals surface area (Å²) < 4.78 is 34.2. The Bertz CT molecular complexity index is 744. The Labute approximate surface area is 140 Å². The molecule has 0 unspecified atom stereocenters. The molecule has 1 N–H and O–H groups in total. The zero-order valence-corrected chi connectivity index (χ0v) is 13.7. The van der Waals surface area contributed by atoms with E-state index in [4.69, 9.17) is 17.0 Å². The van der Waals surface area contributed by atoms with Gasteiger partial charge in [0.1, 0.15) is 17.7 Å². The van der Waals surface area contributed by atoms with Gasteiger partial charge in [-0.25, -0.2) is 13.5 Å². The molecule has 0 spiro atoms. The summed E-state index contributed by atoms with van der Waals surface area (Å²) in [5.74, 6) is -1.26. The van der Waals surface area contributed by atoms with Crippen LogP contribution >= 0.6 is 23.6 Å². The molecule has 2 aromatic rings. The third-order valence-corrected chi connectivity index (χ3v) is 4.91. The molecule has 5 nitrogen and oxygen atoms in total. The van der Waals surface area contributed by atoms with Gasteiger partial charge in [-0.15, -0.1) is 5.10 Å². The van der Waals surface area contributed by atoms with Gasteiger partial charge in [-0.1, -0.05) is 11.3 Å². The molecular weight excluding hydrogens is 344 g/mol. The lowest BCUT2D eigenvalue weighted by molar-refractivity contribution is 0.122. The maximum Gasteiger partial charge on any atom is 0.207 e. The molecule has 1 aromatic carbocycles. The number of anilines is 1. The lowest BCUT2D eigenvalue weighted by Crippen LogP contribution is -2.36. The standard InChI is InChI=1S/C14H15F2N3O2S2/c15-9-1-2-11(16)10(7-9)12(20)8-19-14(22)23-13(17-19)18-3-5-21-6-4-18/h1-2,7,12,20H,3-6,8H2/t12-/m1/s1. The molecule has 1 atom stereocenters. The minimum atomic E-state index is -1.22. The van der Waals surface area contributed by atoms with E-state index in [1.807, 2.05) is 0 Å². The van der Waals surface area contributed by atoms with Crippen molar-refractivity contribution in [2.75, 3.05) is 31.2 Å². The molecule has 0 radical (unpaired) electrons. The molecule has 2 heterocycles. The molecule has 0 amide bonds. The van der Waals surface area contributed by atoms with Crippen LogP contribution in [0, 0.1) is 15.6 Å². The second-order valence-corrected chi connectivity index (χ2v) is 6.71. The Morgan fingerprint density at radius 1 is 1.35 bits per heavy atom. The van der Waals surface area contributed by atoms with Gasteiger partial charge in [0.2, 0.25) is 5.13 Å². The summed E-state index contributed by atoms with van der Waals surface area (Å²) in [6.07, 6.45) is -1.22. The van der Waals surface area contributed by atoms with E-state index < -0.39 is 17.7 Å². The fraction of sp³-hybridized carbons (Fsp3) is 0.429. The van der Waals surface area contributed by atoms with Crippen LogP contribution in [0.25, 0.3) is 0 Å². The van der Waals surface area contributed by atoms with Crippen LogP contribution in [0.4, 0.5) is 13.9 Å². The van der Waals surface area contributed by atoms with Crippen molar-refractivity contribution in [1.29, 1.82) is 0 Å². The van der Waals surface area contributed by atoms with Crippen LogP contribution in [0.15, 0.2) is 18.2 Å². The Balaban J connectivity index is 1.78. The zero-order valence-electron chi connectivity index (χ0n) is 12.1. The SMILES string of the molecule is O[C@H](Cn1nc(N2CCOCC2)sc1=S)c1cc(F)ccc1F. The third kappa shape index (κ3) is 3.74. The molecular formula is C14H15F2N3O2S2. The van der Waals surface area contributed by atoms with Crippen LogP contribution in [0.3, 0.4) is 0 Å². The van der Waals surface area contributed by atoms with Crippen LogP contribution in [-0.2, 0) is 11.3 Å². The molecule has 124 valence electrons. The number of aliphatic hydroxyl groups excluding tert-OH is 1. The van der Waals surface area contributed by atoms with Crippen molar-refractivity contribution in [1.82, 2.24) is 9.78 Å². The largest absolute Gasteiger partial charge is 0.386 e. The first-order valence-corrected chi connectivity index (χ1v) is 8.31. The van der Waals surface area contributed by atoms with E-state index >= 15 is 0 Å². The van der Waals surface area contributed by atoms with Crippen molar-refractivity contribution in [2.45, 2.75) is 12.6 Å². The molecule has 1 aromatic heterocycles. The van der Waals surface area contributed by atoms with E-state index in [-0.39, 0.29) is 12.1 Å². The van der Waals surface area contributed by atoms with E-state index in [0.29, 0.717) is 17.2 Å². The van der Waals surface area contributed by atoms with Gasteiger partial charge in [-0.05, 0) is 30.4 Å². The number of hydrogen-bond donors (Lipinski definition) is 1. The first kappa shape index (κ1) is 16.4. The summed E-state index contributed by atoms with van der Waals surface area (Å²) in [6.45, 7) is 2.68. The zero-order chi connectivity index (χ0) is 16.4. The van der Waals surface area contributed by atoms with Gasteiger partial charge in [0, 0.05) is 18.7 Å². The monoisotopic (exact) mass is 359 g/mol. The van der Waals surface area contributed by atoms with Crippen molar-refractivity contribution < 1.29 is 18.6 Å². The van der Waals surface area contributed by atoms with Crippen LogP contribution in [0.2, 0.25) is 0 Å². The van der Waals surface area contributed by atoms with E-state index in [0.717, 1.165) is 36.4 Å². The molecule has 1 saturated heterocycles. The summed E-state index contributed by atoms with van der Waals surface area (Å²) in [5.41, 5.74) is -0.104. The quantitative estimate of drug-likeness (QED) is 0.850. The minimum Gasteiger partial charge on any atom is -0.386 e. The first-order chi connectivity index (χ1) is 11.0. The number of hydrogen-bond acceptors (Lipinski definition) is 6. The van der Waals surface area contributed by atoms with Crippen LogP contribution < -0.4 is 4.90 Å². The Morgan fingerprint density at radius 3 is 2.83 bits per heavy atom. The van der Waals surface area contributed by atoms with Gasteiger partial charge < -0.3 is 14.7 Å². The Hall–Kier alpha value is -1.42. The summed E-state index contributed by atoms with van der Waals surface area (Å²) >= 11 is 6.57. The normalized spacial score (nSPS) is 16.6. The highest BCUT2D eigenvalue weighted by atomic mass is 32.1. The van der Waals surface area contributed by atoms with Crippen molar-refractivity contribution >= 4 is 28.7 Å². The number of ether oxygens (including phenoxy) is 1. The van der Waals surface area contributed by atoms with Gasteiger partial charge in [-0.2, -0.15) is 0 Å². The Morgan fingerprint density at radius 2 is 2.09 bits per heavy atom. The average Bonchev–Trinajstić information content (AvgIpc) is 2.91. The topological polar surface area (TPSA) is 50.5 Å². The second kappa shape index (κ2) is 7.00. The average molecular weight is 359 g/mol. The maximum absolute atomic E-state index is 13.7. The molecule has 0 aliphatic carbocycles. The summed E-state index contributed by atoms with van der Waals surface area (Å²) in [4.78, 5) is 2.05. The second-order valence-electron chi connectivity index (χ2n) is 5.11. The predicted octanol–water partition coefficient (Wildman–Crippen LogP) is 2.52. The van der Waals surface area contributed by atoms with E-state index in [1.54, 1.807) is 0 Å². The number of morpholine rings is 1. The van der Waals surface area contributed by atoms with Crippen molar-refractivity contribution in [3.8, 4) is 0 Å². The number of halogens is 2. The molecule has 0 saturated carbocycles. The van der Waals surface area contributed by atoms with Gasteiger partial charge in [0.05, 0.1) is 19.8 Å². The van der Waals surface area contributed by atoms with Gasteiger partial charge in [0.25, 0.3) is 0 Å². The fourth-order valence-corrected chi connectivity index (χ4v) is 3.49. The summed E-state index contributed by atoms with van der Waals surface area (Å²) in [5, 5.41) is 15.3. The number of rotatable bonds is 4. The van der Waals surface area contributed by atoms with Gasteiger partial charge in [-0.3, -0.25) is 0 Å². The molecule has 1 fully saturated rings. The number of benzene rings is 1. The highest BCUT2D eigenvalue weighted by Gasteiger charge is 2.19. The summed E-state index contributed by atoms with van der Waals surface area (Å²) in [6, 6.07) is 2.99. The van der Waals surface area contributed by atoms with E-state index in [9.17, 15) is 13.9 Å². The van der Waals surface area contributed by atoms with Crippen LogP contribution in [-0.4, -0.2) is 41.2 Å². The highest BCUT2D eigenvalue weighted by Crippen LogP contribution is 2.24. The van der Waals surface area contributed by atoms with E-state index in [2.05, 4.69) is 10.00 Å². The number of aliphatic hydroxyl groups is 1. The lowest BCUT2D eigenvalue weighted by Gasteiger charge is -2.25. The minimum absolute atomic E-state index is 0.0277. The summed E-state index contributed by atoms with van der Waals surface area (Å²) in [7, 11) is 0. The fourth-order valence-electron chi connectivity index (χ4n) is 2.33. The number of aromatic nitrogens is 2. The molecule has 9 heteroatoms. The predicted molar refractivity (Wildman–Crippen MR) is 85.3 cm³/mol. The lowest BCUT2D eigenvalue weighted by atomic mass is 10.1. The van der Waals surface area contributed by atoms with Crippen LogP contribution in [0.5, 0.6) is 0 Å². The first-order valence-electron chi connectivity index (χ1n) is 7.08. The van der Waals surface area contributed by atoms with Gasteiger partial charge in [0.15, 0.2) is 3.95 Å². The molecule has 1 aliphatic heterocycles. The Kier molecular flexibility index (Phi) is 5.00. The molecule has 3 rings (SSSR count). The number of nitrogens with zero attached hydrogens (tertiary/aromatic N) is 3. The van der Waals surface area contributed by atoms with Gasteiger partial charge >= 0.3 is 0 Å². The van der Waals surface area contributed by atoms with Crippen molar-refractivity contribution in [3.05, 3.63) is 39.4 Å². The highest BCUT2D eigenvalue weighted by molar-refractivity contribution is 7.73. The van der Waals surface area contributed by atoms with Crippen LogP contribution in [0.1, 0.15) is 11.7 Å². The maximum atomic E-state index is 13.7. The molecule has 0 bridgehead atoms.